The quantitative estimate of drug-likeness (QED) is 0.551. The Kier molecular flexibility index (Phi) is 3.63. The number of rotatable bonds is 2. The minimum atomic E-state index is 0.224. The maximum absolute atomic E-state index is 5.81. The lowest BCUT2D eigenvalue weighted by Crippen LogP contribution is -2.07. The van der Waals surface area contributed by atoms with E-state index in [2.05, 4.69) is 25.8 Å². The summed E-state index contributed by atoms with van der Waals surface area (Å²) < 4.78 is 0.224. The number of aromatic nitrogens is 1. The largest absolute Gasteiger partial charge is 0.264 e. The highest BCUT2D eigenvalue weighted by Crippen LogP contribution is 2.34. The molecule has 0 unspecified atom stereocenters. The summed E-state index contributed by atoms with van der Waals surface area (Å²) >= 11 is 7.64. The first-order chi connectivity index (χ1) is 6.03. The molecular weight excluding hydrogens is 202 g/mol. The summed E-state index contributed by atoms with van der Waals surface area (Å²) in [4.78, 5) is 5.28. The van der Waals surface area contributed by atoms with Gasteiger partial charge in [0.2, 0.25) is 0 Å². The number of nitrogens with zero attached hydrogens (tertiary/aromatic N) is 1. The van der Waals surface area contributed by atoms with Gasteiger partial charge in [0, 0.05) is 27.9 Å². The Morgan fingerprint density at radius 3 is 2.69 bits per heavy atom. The van der Waals surface area contributed by atoms with Crippen LogP contribution >= 0.6 is 23.4 Å². The van der Waals surface area contributed by atoms with Gasteiger partial charge in [0.25, 0.3) is 0 Å². The van der Waals surface area contributed by atoms with Gasteiger partial charge in [-0.1, -0.05) is 20.8 Å². The molecule has 1 heterocycles. The molecule has 0 aliphatic carbocycles. The summed E-state index contributed by atoms with van der Waals surface area (Å²) in [6.45, 7) is 6.57. The lowest BCUT2D eigenvalue weighted by molar-refractivity contribution is 0.801. The first-order valence-corrected chi connectivity index (χ1v) is 5.56. The molecule has 0 atom stereocenters. The molecule has 0 bridgehead atoms. The molecule has 0 amide bonds. The van der Waals surface area contributed by atoms with Crippen molar-refractivity contribution in [3.05, 3.63) is 24.0 Å². The number of hydrogen-bond donors (Lipinski definition) is 0. The van der Waals surface area contributed by atoms with Gasteiger partial charge in [-0.2, -0.15) is 0 Å². The Hall–Kier alpha value is -0.210. The van der Waals surface area contributed by atoms with Crippen molar-refractivity contribution < 1.29 is 0 Å². The zero-order chi connectivity index (χ0) is 9.90. The van der Waals surface area contributed by atoms with Gasteiger partial charge in [-0.25, -0.2) is 0 Å². The van der Waals surface area contributed by atoms with Gasteiger partial charge in [-0.3, -0.25) is 4.98 Å². The third-order valence-corrected chi connectivity index (χ3v) is 2.94. The van der Waals surface area contributed by atoms with Crippen LogP contribution < -0.4 is 0 Å². The smallest absolute Gasteiger partial charge is 0.0500 e. The molecule has 0 aromatic carbocycles. The van der Waals surface area contributed by atoms with Crippen molar-refractivity contribution in [3.63, 3.8) is 0 Å². The molecular formula is C10H14ClNS. The van der Waals surface area contributed by atoms with Crippen LogP contribution in [-0.2, 0) is 5.88 Å². The van der Waals surface area contributed by atoms with Crippen LogP contribution in [0.15, 0.2) is 23.4 Å². The fraction of sp³-hybridized carbons (Fsp3) is 0.500. The highest BCUT2D eigenvalue weighted by molar-refractivity contribution is 8.00. The van der Waals surface area contributed by atoms with Crippen LogP contribution in [0.1, 0.15) is 26.3 Å². The lowest BCUT2D eigenvalue weighted by atomic mass is 10.3. The highest BCUT2D eigenvalue weighted by atomic mass is 35.5. The van der Waals surface area contributed by atoms with E-state index in [0.29, 0.717) is 5.88 Å². The van der Waals surface area contributed by atoms with Crippen molar-refractivity contribution in [3.8, 4) is 0 Å². The van der Waals surface area contributed by atoms with E-state index in [4.69, 9.17) is 11.6 Å². The SMILES string of the molecule is CC(C)(C)Sc1ccncc1CCl. The van der Waals surface area contributed by atoms with E-state index in [1.807, 2.05) is 30.2 Å². The summed E-state index contributed by atoms with van der Waals surface area (Å²) in [7, 11) is 0. The van der Waals surface area contributed by atoms with Crippen molar-refractivity contribution in [1.29, 1.82) is 0 Å². The minimum Gasteiger partial charge on any atom is -0.264 e. The van der Waals surface area contributed by atoms with Crippen molar-refractivity contribution in [1.82, 2.24) is 4.98 Å². The van der Waals surface area contributed by atoms with E-state index in [1.54, 1.807) is 0 Å². The Balaban J connectivity index is 2.87. The van der Waals surface area contributed by atoms with Crippen LogP contribution in [-0.4, -0.2) is 9.73 Å². The molecule has 1 nitrogen and oxygen atoms in total. The molecule has 13 heavy (non-hydrogen) atoms. The van der Waals surface area contributed by atoms with E-state index in [1.165, 1.54) is 4.90 Å². The summed E-state index contributed by atoms with van der Waals surface area (Å²) in [5.74, 6) is 0.534. The molecule has 0 saturated heterocycles. The molecule has 72 valence electrons. The summed E-state index contributed by atoms with van der Waals surface area (Å²) in [6, 6.07) is 2.02. The third-order valence-electron chi connectivity index (χ3n) is 1.42. The molecule has 0 N–H and O–H groups in total. The Morgan fingerprint density at radius 2 is 2.15 bits per heavy atom. The van der Waals surface area contributed by atoms with Crippen molar-refractivity contribution in [2.75, 3.05) is 0 Å². The van der Waals surface area contributed by atoms with E-state index in [-0.39, 0.29) is 4.75 Å². The summed E-state index contributed by atoms with van der Waals surface area (Å²) in [5, 5.41) is 0. The normalized spacial score (nSPS) is 11.7. The number of halogens is 1. The third kappa shape index (κ3) is 3.57. The molecule has 0 aliphatic rings. The molecule has 0 fully saturated rings. The maximum atomic E-state index is 5.81. The molecule has 1 aromatic rings. The summed E-state index contributed by atoms with van der Waals surface area (Å²) in [5.41, 5.74) is 1.11. The number of pyridine rings is 1. The molecule has 3 heteroatoms. The predicted octanol–water partition coefficient (Wildman–Crippen LogP) is 3.71. The lowest BCUT2D eigenvalue weighted by Gasteiger charge is -2.18. The average molecular weight is 216 g/mol. The zero-order valence-corrected chi connectivity index (χ0v) is 9.75. The number of thioether (sulfide) groups is 1. The molecule has 0 aliphatic heterocycles. The fourth-order valence-corrected chi connectivity index (χ4v) is 2.28. The topological polar surface area (TPSA) is 12.9 Å². The fourth-order valence-electron chi connectivity index (χ4n) is 0.944. The standard InChI is InChI=1S/C10H14ClNS/c1-10(2,3)13-9-4-5-12-7-8(9)6-11/h4-5,7H,6H2,1-3H3. The van der Waals surface area contributed by atoms with Crippen molar-refractivity contribution in [2.45, 2.75) is 36.3 Å². The van der Waals surface area contributed by atoms with E-state index in [9.17, 15) is 0 Å². The summed E-state index contributed by atoms with van der Waals surface area (Å²) in [6.07, 6.45) is 3.64. The van der Waals surface area contributed by atoms with Gasteiger partial charge in [0.1, 0.15) is 0 Å². The van der Waals surface area contributed by atoms with Gasteiger partial charge >= 0.3 is 0 Å². The van der Waals surface area contributed by atoms with Gasteiger partial charge in [0.05, 0.1) is 0 Å². The van der Waals surface area contributed by atoms with Crippen LogP contribution in [0.3, 0.4) is 0 Å². The molecule has 1 rings (SSSR count). The van der Waals surface area contributed by atoms with Gasteiger partial charge in [0.15, 0.2) is 0 Å². The van der Waals surface area contributed by atoms with E-state index >= 15 is 0 Å². The van der Waals surface area contributed by atoms with Crippen LogP contribution in [0.25, 0.3) is 0 Å². The van der Waals surface area contributed by atoms with Crippen molar-refractivity contribution >= 4 is 23.4 Å². The monoisotopic (exact) mass is 215 g/mol. The zero-order valence-electron chi connectivity index (χ0n) is 8.17. The number of hydrogen-bond acceptors (Lipinski definition) is 2. The van der Waals surface area contributed by atoms with Crippen LogP contribution in [0.2, 0.25) is 0 Å². The van der Waals surface area contributed by atoms with Crippen LogP contribution in [0, 0.1) is 0 Å². The Morgan fingerprint density at radius 1 is 1.46 bits per heavy atom. The van der Waals surface area contributed by atoms with Gasteiger partial charge in [-0.15, -0.1) is 23.4 Å². The second-order valence-corrected chi connectivity index (χ2v) is 5.97. The van der Waals surface area contributed by atoms with Crippen LogP contribution in [0.4, 0.5) is 0 Å². The highest BCUT2D eigenvalue weighted by Gasteiger charge is 2.14. The predicted molar refractivity (Wildman–Crippen MR) is 59.4 cm³/mol. The van der Waals surface area contributed by atoms with E-state index < -0.39 is 0 Å². The second kappa shape index (κ2) is 4.34. The Labute approximate surface area is 88.9 Å². The van der Waals surface area contributed by atoms with Gasteiger partial charge < -0.3 is 0 Å². The first-order valence-electron chi connectivity index (χ1n) is 4.21. The minimum absolute atomic E-state index is 0.224. The van der Waals surface area contributed by atoms with Crippen LogP contribution in [0.5, 0.6) is 0 Å². The maximum Gasteiger partial charge on any atom is 0.0500 e. The molecule has 1 aromatic heterocycles. The van der Waals surface area contributed by atoms with Gasteiger partial charge in [-0.05, 0) is 11.6 Å². The molecule has 0 radical (unpaired) electrons. The Bertz CT molecular complexity index is 280. The average Bonchev–Trinajstić information content (AvgIpc) is 2.02. The van der Waals surface area contributed by atoms with E-state index in [0.717, 1.165) is 5.56 Å². The second-order valence-electron chi connectivity index (χ2n) is 3.83. The molecule has 0 spiro atoms. The number of alkyl halides is 1. The first kappa shape index (κ1) is 10.9. The molecule has 0 saturated carbocycles. The van der Waals surface area contributed by atoms with Crippen molar-refractivity contribution in [2.24, 2.45) is 0 Å².